The quantitative estimate of drug-likeness (QED) is 0.926. The van der Waals surface area contributed by atoms with Crippen molar-refractivity contribution in [3.63, 3.8) is 0 Å². The number of nitrogens with zero attached hydrogens (tertiary/aromatic N) is 1. The molecule has 104 valence electrons. The van der Waals surface area contributed by atoms with Crippen LogP contribution >= 0.6 is 11.3 Å². The van der Waals surface area contributed by atoms with Crippen LogP contribution in [0.1, 0.15) is 22.5 Å². The Morgan fingerprint density at radius 1 is 1.40 bits per heavy atom. The first-order chi connectivity index (χ1) is 9.58. The van der Waals surface area contributed by atoms with E-state index in [0.717, 1.165) is 0 Å². The average Bonchev–Trinajstić information content (AvgIpc) is 3.05. The Morgan fingerprint density at radius 3 is 2.90 bits per heavy atom. The molecule has 1 aliphatic rings. The van der Waals surface area contributed by atoms with E-state index in [-0.39, 0.29) is 11.7 Å². The molecule has 1 aromatic heterocycles. The van der Waals surface area contributed by atoms with E-state index in [0.29, 0.717) is 34.3 Å². The smallest absolute Gasteiger partial charge is 0.326 e. The fourth-order valence-electron chi connectivity index (χ4n) is 2.54. The van der Waals surface area contributed by atoms with Gasteiger partial charge in [-0.05, 0) is 31.0 Å². The van der Waals surface area contributed by atoms with E-state index >= 15 is 0 Å². The number of benzene rings is 1. The first-order valence-corrected chi connectivity index (χ1v) is 7.11. The summed E-state index contributed by atoms with van der Waals surface area (Å²) in [5, 5.41) is 9.52. The lowest BCUT2D eigenvalue weighted by molar-refractivity contribution is -0.141. The molecule has 1 saturated heterocycles. The molecule has 4 nitrogen and oxygen atoms in total. The topological polar surface area (TPSA) is 57.6 Å². The monoisotopic (exact) mass is 293 g/mol. The van der Waals surface area contributed by atoms with Crippen molar-refractivity contribution < 1.29 is 19.1 Å². The van der Waals surface area contributed by atoms with Crippen LogP contribution < -0.4 is 0 Å². The van der Waals surface area contributed by atoms with Gasteiger partial charge in [0.05, 0.1) is 4.88 Å². The zero-order valence-corrected chi connectivity index (χ0v) is 11.3. The first-order valence-electron chi connectivity index (χ1n) is 6.30. The maximum atomic E-state index is 13.6. The molecule has 0 saturated carbocycles. The molecular formula is C14H12FNO3S. The summed E-state index contributed by atoms with van der Waals surface area (Å²) < 4.78 is 14.3. The van der Waals surface area contributed by atoms with Crippen molar-refractivity contribution in [1.29, 1.82) is 0 Å². The Morgan fingerprint density at radius 2 is 2.20 bits per heavy atom. The van der Waals surface area contributed by atoms with E-state index in [1.54, 1.807) is 12.1 Å². The molecule has 0 aliphatic carbocycles. The second-order valence-corrected chi connectivity index (χ2v) is 5.84. The van der Waals surface area contributed by atoms with Crippen LogP contribution in [0.2, 0.25) is 0 Å². The van der Waals surface area contributed by atoms with Crippen molar-refractivity contribution in [2.24, 2.45) is 0 Å². The van der Waals surface area contributed by atoms with Crippen LogP contribution in [0, 0.1) is 5.82 Å². The molecule has 1 amide bonds. The maximum absolute atomic E-state index is 13.6. The van der Waals surface area contributed by atoms with Crippen molar-refractivity contribution in [2.75, 3.05) is 6.54 Å². The Kier molecular flexibility index (Phi) is 3.17. The van der Waals surface area contributed by atoms with Crippen LogP contribution in [0.3, 0.4) is 0 Å². The SMILES string of the molecule is O=C(O)[C@@H]1CCCN1C(=O)c1cc2c(F)cccc2s1. The number of halogens is 1. The van der Waals surface area contributed by atoms with Crippen LogP contribution in [-0.2, 0) is 4.79 Å². The van der Waals surface area contributed by atoms with Crippen molar-refractivity contribution in [3.8, 4) is 0 Å². The number of carboxylic acids is 1. The lowest BCUT2D eigenvalue weighted by atomic mass is 10.2. The van der Waals surface area contributed by atoms with Crippen LogP contribution in [0.25, 0.3) is 10.1 Å². The Balaban J connectivity index is 1.96. The van der Waals surface area contributed by atoms with Gasteiger partial charge in [-0.3, -0.25) is 4.79 Å². The molecule has 0 spiro atoms. The van der Waals surface area contributed by atoms with Crippen molar-refractivity contribution >= 4 is 33.3 Å². The Labute approximate surface area is 118 Å². The molecule has 1 fully saturated rings. The number of hydrogen-bond acceptors (Lipinski definition) is 3. The number of carboxylic acid groups (broad SMARTS) is 1. The molecule has 1 atom stereocenters. The van der Waals surface area contributed by atoms with E-state index in [1.165, 1.54) is 28.4 Å². The molecule has 0 unspecified atom stereocenters. The van der Waals surface area contributed by atoms with Crippen molar-refractivity contribution in [2.45, 2.75) is 18.9 Å². The molecular weight excluding hydrogens is 281 g/mol. The summed E-state index contributed by atoms with van der Waals surface area (Å²) in [5.41, 5.74) is 0. The second-order valence-electron chi connectivity index (χ2n) is 4.76. The number of rotatable bonds is 2. The number of aliphatic carboxylic acids is 1. The normalized spacial score (nSPS) is 18.6. The Hall–Kier alpha value is -1.95. The van der Waals surface area contributed by atoms with Crippen LogP contribution in [0.5, 0.6) is 0 Å². The summed E-state index contributed by atoms with van der Waals surface area (Å²) in [7, 11) is 0. The van der Waals surface area contributed by atoms with E-state index < -0.39 is 12.0 Å². The highest BCUT2D eigenvalue weighted by atomic mass is 32.1. The molecule has 0 bridgehead atoms. The maximum Gasteiger partial charge on any atom is 0.326 e. The van der Waals surface area contributed by atoms with Gasteiger partial charge in [0, 0.05) is 16.6 Å². The minimum Gasteiger partial charge on any atom is -0.480 e. The lowest BCUT2D eigenvalue weighted by Gasteiger charge is -2.20. The molecule has 0 radical (unpaired) electrons. The number of thiophene rings is 1. The van der Waals surface area contributed by atoms with E-state index in [1.807, 2.05) is 0 Å². The number of carbonyl (C=O) groups is 2. The van der Waals surface area contributed by atoms with Gasteiger partial charge in [0.25, 0.3) is 5.91 Å². The summed E-state index contributed by atoms with van der Waals surface area (Å²) in [4.78, 5) is 25.3. The predicted molar refractivity (Wildman–Crippen MR) is 73.5 cm³/mol. The highest BCUT2D eigenvalue weighted by Crippen LogP contribution is 2.30. The van der Waals surface area contributed by atoms with Gasteiger partial charge in [0.1, 0.15) is 11.9 Å². The van der Waals surface area contributed by atoms with Crippen molar-refractivity contribution in [1.82, 2.24) is 4.90 Å². The Bertz CT molecular complexity index is 697. The van der Waals surface area contributed by atoms with Crippen molar-refractivity contribution in [3.05, 3.63) is 35.0 Å². The summed E-state index contributed by atoms with van der Waals surface area (Å²) in [6.45, 7) is 0.437. The third-order valence-corrected chi connectivity index (χ3v) is 4.61. The second kappa shape index (κ2) is 4.86. The zero-order chi connectivity index (χ0) is 14.3. The van der Waals surface area contributed by atoms with Gasteiger partial charge in [0.15, 0.2) is 0 Å². The molecule has 3 rings (SSSR count). The fraction of sp³-hybridized carbons (Fsp3) is 0.286. The summed E-state index contributed by atoms with van der Waals surface area (Å²) >= 11 is 1.20. The molecule has 20 heavy (non-hydrogen) atoms. The predicted octanol–water partition coefficient (Wildman–Crippen LogP) is 2.73. The van der Waals surface area contributed by atoms with Crippen LogP contribution in [0.15, 0.2) is 24.3 Å². The third kappa shape index (κ3) is 2.06. The van der Waals surface area contributed by atoms with Crippen LogP contribution in [0.4, 0.5) is 4.39 Å². The molecule has 1 N–H and O–H groups in total. The van der Waals surface area contributed by atoms with Gasteiger partial charge < -0.3 is 10.0 Å². The molecule has 1 aromatic carbocycles. The zero-order valence-electron chi connectivity index (χ0n) is 10.5. The minimum atomic E-state index is -0.983. The standard InChI is InChI=1S/C14H12FNO3S/c15-9-3-1-5-11-8(9)7-12(20-11)13(17)16-6-2-4-10(16)14(18)19/h1,3,5,7,10H,2,4,6H2,(H,18,19)/t10-/m0/s1. The highest BCUT2D eigenvalue weighted by Gasteiger charge is 2.35. The summed E-state index contributed by atoms with van der Waals surface area (Å²) in [6.07, 6.45) is 1.16. The summed E-state index contributed by atoms with van der Waals surface area (Å²) in [6, 6.07) is 5.43. The first kappa shape index (κ1) is 13.1. The van der Waals surface area contributed by atoms with E-state index in [9.17, 15) is 14.0 Å². The fourth-order valence-corrected chi connectivity index (χ4v) is 3.57. The molecule has 2 aromatic rings. The van der Waals surface area contributed by atoms with E-state index in [4.69, 9.17) is 5.11 Å². The van der Waals surface area contributed by atoms with Gasteiger partial charge in [-0.2, -0.15) is 0 Å². The number of likely N-dealkylation sites (tertiary alicyclic amines) is 1. The van der Waals surface area contributed by atoms with Gasteiger partial charge in [-0.15, -0.1) is 11.3 Å². The van der Waals surface area contributed by atoms with Gasteiger partial charge in [-0.25, -0.2) is 9.18 Å². The number of amides is 1. The van der Waals surface area contributed by atoms with Gasteiger partial charge in [0.2, 0.25) is 0 Å². The highest BCUT2D eigenvalue weighted by molar-refractivity contribution is 7.20. The van der Waals surface area contributed by atoms with Gasteiger partial charge in [-0.1, -0.05) is 6.07 Å². The third-order valence-electron chi connectivity index (χ3n) is 3.52. The number of carbonyl (C=O) groups excluding carboxylic acids is 1. The largest absolute Gasteiger partial charge is 0.480 e. The summed E-state index contributed by atoms with van der Waals surface area (Å²) in [5.74, 6) is -1.67. The van der Waals surface area contributed by atoms with E-state index in [2.05, 4.69) is 0 Å². The molecule has 1 aliphatic heterocycles. The molecule has 6 heteroatoms. The van der Waals surface area contributed by atoms with Crippen LogP contribution in [-0.4, -0.2) is 34.5 Å². The average molecular weight is 293 g/mol. The number of hydrogen-bond donors (Lipinski definition) is 1. The van der Waals surface area contributed by atoms with Gasteiger partial charge >= 0.3 is 5.97 Å². The number of fused-ring (bicyclic) bond motifs is 1. The minimum absolute atomic E-state index is 0.324. The lowest BCUT2D eigenvalue weighted by Crippen LogP contribution is -2.40. The molecule has 2 heterocycles.